The largest absolute Gasteiger partial charge is 0.290 e. The van der Waals surface area contributed by atoms with Gasteiger partial charge >= 0.3 is 0 Å². The Bertz CT molecular complexity index is 894. The molecule has 2 N–H and O–H groups in total. The predicted molar refractivity (Wildman–Crippen MR) is 87.7 cm³/mol. The van der Waals surface area contributed by atoms with Gasteiger partial charge in [-0.15, -0.1) is 0 Å². The molecule has 1 atom stereocenters. The molecule has 0 amide bonds. The molecule has 0 saturated heterocycles. The average Bonchev–Trinajstić information content (AvgIpc) is 2.52. The molecule has 2 rings (SSSR count). The van der Waals surface area contributed by atoms with Gasteiger partial charge in [-0.25, -0.2) is 0 Å². The Balaban J connectivity index is 2.77. The van der Waals surface area contributed by atoms with E-state index in [0.29, 0.717) is 5.56 Å². The van der Waals surface area contributed by atoms with Crippen LogP contribution in [0.5, 0.6) is 0 Å². The van der Waals surface area contributed by atoms with Crippen LogP contribution in [0.3, 0.4) is 0 Å². The summed E-state index contributed by atoms with van der Waals surface area (Å²) in [6.45, 7) is 0. The number of nitriles is 1. The van der Waals surface area contributed by atoms with E-state index in [1.807, 2.05) is 0 Å². The SMILES string of the molecule is N#CC1(C=Cc2ccccc2)C=CCCC1(S(=O)(=O)O)S(=O)(=O)O. The van der Waals surface area contributed by atoms with Crippen molar-refractivity contribution < 1.29 is 25.9 Å². The Kier molecular flexibility index (Phi) is 4.70. The molecule has 0 radical (unpaired) electrons. The minimum atomic E-state index is -5.33. The van der Waals surface area contributed by atoms with Crippen LogP contribution in [0.15, 0.2) is 48.6 Å². The van der Waals surface area contributed by atoms with Gasteiger partial charge in [0, 0.05) is 0 Å². The zero-order valence-electron chi connectivity index (χ0n) is 12.4. The van der Waals surface area contributed by atoms with E-state index < -0.39 is 36.2 Å². The van der Waals surface area contributed by atoms with Gasteiger partial charge in [0.2, 0.25) is 4.08 Å². The normalized spacial score (nSPS) is 23.9. The van der Waals surface area contributed by atoms with Crippen LogP contribution in [0.25, 0.3) is 6.08 Å². The molecule has 0 heterocycles. The molecule has 0 fully saturated rings. The molecule has 0 bridgehead atoms. The summed E-state index contributed by atoms with van der Waals surface area (Å²) in [6, 6.07) is 10.1. The van der Waals surface area contributed by atoms with Crippen molar-refractivity contribution in [3.63, 3.8) is 0 Å². The molecule has 0 spiro atoms. The van der Waals surface area contributed by atoms with Gasteiger partial charge in [-0.1, -0.05) is 54.6 Å². The Morgan fingerprint density at radius 1 is 1.08 bits per heavy atom. The summed E-state index contributed by atoms with van der Waals surface area (Å²) in [5, 5.41) is 9.58. The summed E-state index contributed by atoms with van der Waals surface area (Å²) in [6.07, 6.45) is 4.27. The lowest BCUT2D eigenvalue weighted by molar-refractivity contribution is 0.358. The molecule has 1 aromatic rings. The molecular weight excluding hydrogens is 354 g/mol. The first-order chi connectivity index (χ1) is 11.1. The molecule has 1 aromatic carbocycles. The van der Waals surface area contributed by atoms with Gasteiger partial charge in [0.1, 0.15) is 5.41 Å². The van der Waals surface area contributed by atoms with Gasteiger partial charge in [-0.05, 0) is 18.4 Å². The van der Waals surface area contributed by atoms with Crippen molar-refractivity contribution in [1.82, 2.24) is 0 Å². The van der Waals surface area contributed by atoms with E-state index in [1.165, 1.54) is 12.2 Å². The van der Waals surface area contributed by atoms with Crippen LogP contribution in [0.2, 0.25) is 0 Å². The smallest absolute Gasteiger partial charge is 0.284 e. The number of nitrogens with zero attached hydrogens (tertiary/aromatic N) is 1. The van der Waals surface area contributed by atoms with E-state index in [9.17, 15) is 31.2 Å². The number of benzene rings is 1. The van der Waals surface area contributed by atoms with Crippen LogP contribution < -0.4 is 0 Å². The van der Waals surface area contributed by atoms with Crippen LogP contribution in [0.4, 0.5) is 0 Å². The maximum absolute atomic E-state index is 11.9. The maximum atomic E-state index is 11.9. The highest BCUT2D eigenvalue weighted by molar-refractivity contribution is 8.05. The first kappa shape index (κ1) is 18.4. The fraction of sp³-hybridized carbons (Fsp3) is 0.267. The minimum absolute atomic E-state index is 0.0395. The van der Waals surface area contributed by atoms with Crippen LogP contribution in [-0.4, -0.2) is 30.0 Å². The molecule has 0 saturated carbocycles. The van der Waals surface area contributed by atoms with Gasteiger partial charge in [-0.2, -0.15) is 22.1 Å². The quantitative estimate of drug-likeness (QED) is 0.613. The van der Waals surface area contributed by atoms with Crippen LogP contribution in [0, 0.1) is 16.7 Å². The van der Waals surface area contributed by atoms with Crippen LogP contribution in [0.1, 0.15) is 18.4 Å². The molecule has 1 aliphatic rings. The fourth-order valence-corrected chi connectivity index (χ4v) is 5.86. The van der Waals surface area contributed by atoms with Crippen molar-refractivity contribution in [3.05, 3.63) is 54.1 Å². The van der Waals surface area contributed by atoms with Crippen molar-refractivity contribution >= 4 is 26.3 Å². The minimum Gasteiger partial charge on any atom is -0.284 e. The van der Waals surface area contributed by atoms with E-state index in [4.69, 9.17) is 0 Å². The molecule has 0 aromatic heterocycles. The van der Waals surface area contributed by atoms with Crippen molar-refractivity contribution in [2.24, 2.45) is 5.41 Å². The Hall–Kier alpha value is -1.99. The van der Waals surface area contributed by atoms with Crippen molar-refractivity contribution in [1.29, 1.82) is 5.26 Å². The lowest BCUT2D eigenvalue weighted by Gasteiger charge is -2.39. The Morgan fingerprint density at radius 3 is 2.17 bits per heavy atom. The first-order valence-electron chi connectivity index (χ1n) is 6.87. The third kappa shape index (κ3) is 2.78. The first-order valence-corrected chi connectivity index (χ1v) is 9.75. The van der Waals surface area contributed by atoms with E-state index in [1.54, 1.807) is 36.4 Å². The topological polar surface area (TPSA) is 133 Å². The van der Waals surface area contributed by atoms with Crippen molar-refractivity contribution in [3.8, 4) is 6.07 Å². The molecule has 9 heteroatoms. The second-order valence-corrected chi connectivity index (χ2v) is 8.92. The molecule has 24 heavy (non-hydrogen) atoms. The monoisotopic (exact) mass is 369 g/mol. The van der Waals surface area contributed by atoms with Gasteiger partial charge in [0.15, 0.2) is 0 Å². The second kappa shape index (κ2) is 6.14. The molecule has 7 nitrogen and oxygen atoms in total. The van der Waals surface area contributed by atoms with E-state index in [-0.39, 0.29) is 6.42 Å². The lowest BCUT2D eigenvalue weighted by atomic mass is 9.78. The van der Waals surface area contributed by atoms with Gasteiger partial charge < -0.3 is 0 Å². The summed E-state index contributed by atoms with van der Waals surface area (Å²) in [5.41, 5.74) is -1.69. The zero-order valence-corrected chi connectivity index (χ0v) is 14.0. The molecule has 1 aliphatic carbocycles. The van der Waals surface area contributed by atoms with E-state index >= 15 is 0 Å². The summed E-state index contributed by atoms with van der Waals surface area (Å²) < 4.78 is 63.9. The highest BCUT2D eigenvalue weighted by atomic mass is 32.3. The fourth-order valence-electron chi connectivity index (χ4n) is 2.83. The molecule has 128 valence electrons. The predicted octanol–water partition coefficient (Wildman–Crippen LogP) is 2.03. The van der Waals surface area contributed by atoms with Crippen LogP contribution >= 0.6 is 0 Å². The third-order valence-corrected chi connectivity index (χ3v) is 8.02. The van der Waals surface area contributed by atoms with Gasteiger partial charge in [0.05, 0.1) is 6.07 Å². The number of rotatable bonds is 4. The molecular formula is C15H15NO6S2. The number of hydrogen-bond acceptors (Lipinski definition) is 5. The molecule has 0 aliphatic heterocycles. The summed E-state index contributed by atoms with van der Waals surface area (Å²) in [4.78, 5) is 0. The average molecular weight is 369 g/mol. The van der Waals surface area contributed by atoms with Gasteiger partial charge in [-0.3, -0.25) is 9.11 Å². The Morgan fingerprint density at radius 2 is 1.67 bits per heavy atom. The lowest BCUT2D eigenvalue weighted by Crippen LogP contribution is -2.58. The standard InChI is InChI=1S/C15H15NO6S2/c16-12-14(11-8-13-6-2-1-3-7-13)9-4-5-10-15(14,23(17,18)19)24(20,21)22/h1-4,6-9,11H,5,10H2,(H,17,18,19)(H,20,21,22). The van der Waals surface area contributed by atoms with Crippen molar-refractivity contribution in [2.45, 2.75) is 16.9 Å². The third-order valence-electron chi connectivity index (χ3n) is 4.01. The van der Waals surface area contributed by atoms with E-state index in [0.717, 1.165) is 12.2 Å². The summed E-state index contributed by atoms with van der Waals surface area (Å²) in [5.74, 6) is 0. The van der Waals surface area contributed by atoms with Crippen molar-refractivity contribution in [2.75, 3.05) is 0 Å². The summed E-state index contributed by atoms with van der Waals surface area (Å²) in [7, 11) is -10.7. The van der Waals surface area contributed by atoms with Crippen LogP contribution in [-0.2, 0) is 20.2 Å². The highest BCUT2D eigenvalue weighted by Gasteiger charge is 2.67. The maximum Gasteiger partial charge on any atom is 0.290 e. The highest BCUT2D eigenvalue weighted by Crippen LogP contribution is 2.50. The molecule has 1 unspecified atom stereocenters. The zero-order chi connectivity index (χ0) is 18.1. The summed E-state index contributed by atoms with van der Waals surface area (Å²) >= 11 is 0. The van der Waals surface area contributed by atoms with E-state index in [2.05, 4.69) is 0 Å². The second-order valence-electron chi connectivity index (χ2n) is 5.37. The Labute approximate surface area is 140 Å². The number of hydrogen-bond donors (Lipinski definition) is 2. The van der Waals surface area contributed by atoms with Gasteiger partial charge in [0.25, 0.3) is 20.2 Å². The number of allylic oxidation sites excluding steroid dienone is 3.